The molecule has 0 unspecified atom stereocenters. The molecule has 0 aliphatic rings. The minimum absolute atomic E-state index is 0. The maximum Gasteiger partial charge on any atom is 1.00 e. The molecule has 0 heterocycles. The first-order valence-electron chi connectivity index (χ1n) is 15.9. The second-order valence-electron chi connectivity index (χ2n) is 10.3. The van der Waals surface area contributed by atoms with E-state index in [2.05, 4.69) is 101 Å². The molecule has 0 aliphatic carbocycles. The predicted octanol–water partition coefficient (Wildman–Crippen LogP) is 10.4. The maximum atomic E-state index is 10.9. The van der Waals surface area contributed by atoms with Crippen LogP contribution in [0.1, 0.15) is 11.1 Å². The molecule has 0 spiro atoms. The van der Waals surface area contributed by atoms with Crippen molar-refractivity contribution in [1.82, 2.24) is 0 Å². The Morgan fingerprint density at radius 3 is 1.15 bits per heavy atom. The van der Waals surface area contributed by atoms with Gasteiger partial charge in [0.2, 0.25) is 0 Å². The van der Waals surface area contributed by atoms with Gasteiger partial charge in [-0.1, -0.05) is 114 Å². The summed E-state index contributed by atoms with van der Waals surface area (Å²) in [6.45, 7) is 0.911. The van der Waals surface area contributed by atoms with Crippen LogP contribution in [0.4, 0.5) is 11.4 Å². The van der Waals surface area contributed by atoms with Crippen LogP contribution in [-0.2, 0) is 17.1 Å². The number of rotatable bonds is 12. The number of alkyl halides is 3. The fourth-order valence-corrected chi connectivity index (χ4v) is 7.16. The van der Waals surface area contributed by atoms with Crippen molar-refractivity contribution in [2.24, 2.45) is 9.98 Å². The van der Waals surface area contributed by atoms with Crippen LogP contribution in [0.25, 0.3) is 28.1 Å². The topological polar surface area (TPSA) is 170 Å². The Hall–Kier alpha value is -5.15. The van der Waals surface area contributed by atoms with E-state index in [-0.39, 0.29) is 28.4 Å². The summed E-state index contributed by atoms with van der Waals surface area (Å²) in [5.74, 6) is 0. The fourth-order valence-electron chi connectivity index (χ4n) is 4.58. The first-order chi connectivity index (χ1) is 26.2. The summed E-state index contributed by atoms with van der Waals surface area (Å²) >= 11 is 14.4. The summed E-state index contributed by atoms with van der Waals surface area (Å²) in [6.07, 6.45) is 9.66. The van der Waals surface area contributed by atoms with Gasteiger partial charge >= 0.3 is 17.1 Å². The van der Waals surface area contributed by atoms with Crippen molar-refractivity contribution in [2.45, 2.75) is 4.30 Å². The van der Waals surface area contributed by atoms with Gasteiger partial charge in [-0.05, 0) is 72.8 Å². The summed E-state index contributed by atoms with van der Waals surface area (Å²) in [6, 6.07) is 45.4. The van der Waals surface area contributed by atoms with Crippen molar-refractivity contribution < 1.29 is 26.9 Å². The summed E-state index contributed by atoms with van der Waals surface area (Å²) in [4.78, 5) is 30.8. The van der Waals surface area contributed by atoms with E-state index >= 15 is 0 Å². The van der Waals surface area contributed by atoms with Gasteiger partial charge in [0, 0.05) is 24.6 Å². The molecule has 0 saturated carbocycles. The Bertz CT molecular complexity index is 1850. The van der Waals surface area contributed by atoms with Crippen LogP contribution < -0.4 is 15.9 Å². The third kappa shape index (κ3) is 19.7. The van der Waals surface area contributed by atoms with Crippen molar-refractivity contribution in [2.75, 3.05) is 13.1 Å². The molecule has 0 N–H and O–H groups in total. The molecule has 55 heavy (non-hydrogen) atoms. The van der Waals surface area contributed by atoms with Crippen LogP contribution in [0, 0.1) is 20.2 Å². The van der Waals surface area contributed by atoms with Gasteiger partial charge in [0.1, 0.15) is 15.9 Å². The second-order valence-corrected chi connectivity index (χ2v) is 14.7. The second kappa shape index (κ2) is 29.2. The van der Waals surface area contributed by atoms with Gasteiger partial charge in [0.05, 0.1) is 42.0 Å². The zero-order valence-corrected chi connectivity index (χ0v) is 33.1. The van der Waals surface area contributed by atoms with Gasteiger partial charge in [0.15, 0.2) is 4.30 Å². The SMILES string of the molecule is ClC(Cl)Cl.O=[N+]([O-])c1ccccc1/C=C/C=NCCN=C/C=C/c1ccccc1[N+](=O)[O-].[Cu+].[N-]=[N+]=[N-].c1ccc([PH+](c2ccccc2)c2ccccc2)cc1. The minimum Gasteiger partial charge on any atom is -0.373 e. The molecule has 0 saturated heterocycles. The number of nitro groups is 2. The third-order valence-corrected chi connectivity index (χ3v) is 9.48. The molecule has 0 bridgehead atoms. The molecular weight excluding hydrogens is 831 g/mol. The van der Waals surface area contributed by atoms with Crippen LogP contribution in [0.5, 0.6) is 0 Å². The van der Waals surface area contributed by atoms with Crippen LogP contribution in [0.2, 0.25) is 0 Å². The molecule has 0 fully saturated rings. The van der Waals surface area contributed by atoms with E-state index < -0.39 is 22.1 Å². The van der Waals surface area contributed by atoms with Gasteiger partial charge in [0.25, 0.3) is 11.4 Å². The number of hydrogen-bond acceptors (Lipinski definition) is 6. The van der Waals surface area contributed by atoms with E-state index in [1.54, 1.807) is 73.1 Å². The largest absolute Gasteiger partial charge is 1.00 e. The fraction of sp³-hybridized carbons (Fsp3) is 0.0769. The molecule has 16 heteroatoms. The third-order valence-electron chi connectivity index (χ3n) is 6.75. The minimum atomic E-state index is -0.877. The number of aliphatic imine (C=N–C) groups is 2. The van der Waals surface area contributed by atoms with E-state index in [9.17, 15) is 20.2 Å². The van der Waals surface area contributed by atoms with Crippen LogP contribution in [0.3, 0.4) is 0 Å². The molecule has 5 rings (SSSR count). The number of benzene rings is 5. The summed E-state index contributed by atoms with van der Waals surface area (Å²) in [5.41, 5.74) is 14.6. The first-order valence-corrected chi connectivity index (χ1v) is 18.7. The van der Waals surface area contributed by atoms with E-state index in [1.165, 1.54) is 33.0 Å². The zero-order chi connectivity index (χ0) is 39.4. The molecule has 5 aromatic rings. The van der Waals surface area contributed by atoms with E-state index in [0.717, 1.165) is 0 Å². The average molecular weight is 867 g/mol. The molecule has 286 valence electrons. The molecule has 0 aliphatic heterocycles. The smallest absolute Gasteiger partial charge is 0.373 e. The standard InChI is InChI=1S/C20H18N4O4.C18H15P.CHCl3.Cu.N3/c25-23(26)19-11-3-1-7-17(19)9-5-13-21-15-16-22-14-6-10-18-8-2-4-12-20(18)24(27)28;1-4-10-16(11-5-1)19(17-12-6-2-7-13-17)18-14-8-3-9-15-18;2-1(3)4;;1-3-2/h1-14H,15-16H2;1-15H;1H;;/q;;;+1;-1/p+1/b9-5+,10-6+,21-13?,22-14?;;;;. The number of para-hydroxylation sites is 2. The quantitative estimate of drug-likeness (QED) is 0.0116. The van der Waals surface area contributed by atoms with Gasteiger partial charge in [-0.25, -0.2) is 0 Å². The Morgan fingerprint density at radius 2 is 0.855 bits per heavy atom. The molecule has 0 aromatic heterocycles. The molecule has 0 atom stereocenters. The number of allylic oxidation sites excluding steroid dienone is 2. The number of halogens is 3. The molecule has 0 amide bonds. The Labute approximate surface area is 346 Å². The Balaban J connectivity index is 0.000000483. The van der Waals surface area contributed by atoms with Crippen molar-refractivity contribution in [3.63, 3.8) is 0 Å². The predicted molar refractivity (Wildman–Crippen MR) is 229 cm³/mol. The molecular formula is C39H35Cl3CuN7O4P+. The summed E-state index contributed by atoms with van der Waals surface area (Å²) in [7, 11) is -0.877. The van der Waals surface area contributed by atoms with Crippen molar-refractivity contribution >= 4 is 94.6 Å². The molecule has 0 radical (unpaired) electrons. The van der Waals surface area contributed by atoms with Crippen molar-refractivity contribution in [3.05, 3.63) is 199 Å². The van der Waals surface area contributed by atoms with Crippen LogP contribution >= 0.6 is 42.7 Å². The van der Waals surface area contributed by atoms with Gasteiger partial charge in [-0.2, -0.15) is 0 Å². The van der Waals surface area contributed by atoms with Gasteiger partial charge in [-0.3, -0.25) is 35.1 Å². The van der Waals surface area contributed by atoms with Crippen LogP contribution in [-0.4, -0.2) is 39.7 Å². The van der Waals surface area contributed by atoms with Crippen LogP contribution in [0.15, 0.2) is 162 Å². The molecule has 11 nitrogen and oxygen atoms in total. The average Bonchev–Trinajstić information content (AvgIpc) is 3.17. The van der Waals surface area contributed by atoms with Gasteiger partial charge < -0.3 is 11.1 Å². The Kier molecular flexibility index (Phi) is 25.4. The van der Waals surface area contributed by atoms with Crippen molar-refractivity contribution in [1.29, 1.82) is 0 Å². The number of nitro benzene ring substituents is 2. The monoisotopic (exact) mass is 864 g/mol. The van der Waals surface area contributed by atoms with Gasteiger partial charge in [-0.15, -0.1) is 0 Å². The maximum absolute atomic E-state index is 10.9. The van der Waals surface area contributed by atoms with E-state index in [4.69, 9.17) is 45.9 Å². The summed E-state index contributed by atoms with van der Waals surface area (Å²) < 4.78 is -0.750. The normalized spacial score (nSPS) is 10.5. The summed E-state index contributed by atoms with van der Waals surface area (Å²) in [5, 5.41) is 26.1. The first kappa shape index (κ1) is 47.9. The number of nitrogens with zero attached hydrogens (tertiary/aromatic N) is 7. The van der Waals surface area contributed by atoms with E-state index in [1.807, 2.05) is 0 Å². The molecule has 5 aromatic carbocycles. The Morgan fingerprint density at radius 1 is 0.582 bits per heavy atom. The zero-order valence-electron chi connectivity index (χ0n) is 28.9. The van der Waals surface area contributed by atoms with Crippen molar-refractivity contribution in [3.8, 4) is 0 Å². The number of hydrogen-bond donors (Lipinski definition) is 0. The van der Waals surface area contributed by atoms with E-state index in [0.29, 0.717) is 24.2 Å².